The fourth-order valence-corrected chi connectivity index (χ4v) is 3.80. The fourth-order valence-electron chi connectivity index (χ4n) is 3.55. The van der Waals surface area contributed by atoms with Gasteiger partial charge >= 0.3 is 0 Å². The van der Waals surface area contributed by atoms with E-state index in [-0.39, 0.29) is 0 Å². The van der Waals surface area contributed by atoms with E-state index in [2.05, 4.69) is 45.6 Å². The van der Waals surface area contributed by atoms with Gasteiger partial charge in [-0.3, -0.25) is 14.5 Å². The molecule has 1 aromatic carbocycles. The third-order valence-electron chi connectivity index (χ3n) is 5.26. The van der Waals surface area contributed by atoms with E-state index in [9.17, 15) is 0 Å². The molecular formula is C21H25N5S. The van der Waals surface area contributed by atoms with Crippen molar-refractivity contribution < 1.29 is 0 Å². The maximum absolute atomic E-state index is 5.82. The number of pyridine rings is 1. The first-order valence-electron chi connectivity index (χ1n) is 9.55. The quantitative estimate of drug-likeness (QED) is 0.623. The number of nitrogens with zero attached hydrogens (tertiary/aromatic N) is 5. The van der Waals surface area contributed by atoms with Crippen LogP contribution in [-0.2, 0) is 13.2 Å². The van der Waals surface area contributed by atoms with Crippen LogP contribution >= 0.6 is 12.2 Å². The lowest BCUT2D eigenvalue weighted by atomic mass is 10.00. The molecule has 1 aliphatic rings. The van der Waals surface area contributed by atoms with Crippen LogP contribution < -0.4 is 0 Å². The molecule has 27 heavy (non-hydrogen) atoms. The SMILES string of the molecule is CC1CCN(Cn2nc(-c3ccncc3)n(Cc3ccccc3)c2=S)CC1. The van der Waals surface area contributed by atoms with E-state index < -0.39 is 0 Å². The number of benzene rings is 1. The van der Waals surface area contributed by atoms with Crippen LogP contribution in [0.4, 0.5) is 0 Å². The Morgan fingerprint density at radius 3 is 2.44 bits per heavy atom. The van der Waals surface area contributed by atoms with Gasteiger partial charge in [0.25, 0.3) is 0 Å². The van der Waals surface area contributed by atoms with Crippen LogP contribution in [0.2, 0.25) is 0 Å². The Balaban J connectivity index is 1.67. The smallest absolute Gasteiger partial charge is 0.199 e. The first kappa shape index (κ1) is 18.1. The second kappa shape index (κ2) is 8.15. The van der Waals surface area contributed by atoms with Crippen molar-refractivity contribution in [3.05, 3.63) is 65.2 Å². The number of aromatic nitrogens is 4. The molecule has 0 aliphatic carbocycles. The van der Waals surface area contributed by atoms with E-state index in [1.807, 2.05) is 22.9 Å². The highest BCUT2D eigenvalue weighted by Gasteiger charge is 2.19. The lowest BCUT2D eigenvalue weighted by molar-refractivity contribution is 0.146. The summed E-state index contributed by atoms with van der Waals surface area (Å²) in [7, 11) is 0. The minimum atomic E-state index is 0.717. The van der Waals surface area contributed by atoms with Gasteiger partial charge in [-0.05, 0) is 48.7 Å². The molecule has 0 saturated carbocycles. The van der Waals surface area contributed by atoms with Crippen molar-refractivity contribution in [3.8, 4) is 11.4 Å². The Morgan fingerprint density at radius 2 is 1.74 bits per heavy atom. The van der Waals surface area contributed by atoms with Gasteiger partial charge in [0, 0.05) is 31.0 Å². The maximum atomic E-state index is 5.82. The van der Waals surface area contributed by atoms with Crippen LogP contribution in [0.5, 0.6) is 0 Å². The Morgan fingerprint density at radius 1 is 1.04 bits per heavy atom. The van der Waals surface area contributed by atoms with Gasteiger partial charge in [0.1, 0.15) is 0 Å². The monoisotopic (exact) mass is 379 g/mol. The van der Waals surface area contributed by atoms with Crippen molar-refractivity contribution in [2.24, 2.45) is 5.92 Å². The zero-order valence-corrected chi connectivity index (χ0v) is 16.5. The van der Waals surface area contributed by atoms with E-state index in [0.717, 1.165) is 41.8 Å². The van der Waals surface area contributed by atoms with Crippen LogP contribution in [0, 0.1) is 10.7 Å². The van der Waals surface area contributed by atoms with Gasteiger partial charge in [0.05, 0.1) is 13.2 Å². The highest BCUT2D eigenvalue weighted by atomic mass is 32.1. The van der Waals surface area contributed by atoms with Crippen molar-refractivity contribution in [2.45, 2.75) is 33.0 Å². The molecule has 0 N–H and O–H groups in total. The second-order valence-corrected chi connectivity index (χ2v) is 7.72. The standard InChI is InChI=1S/C21H25N5S/c1-17-9-13-24(14-10-17)16-26-21(27)25(15-18-5-3-2-4-6-18)20(23-26)19-7-11-22-12-8-19/h2-8,11-12,17H,9-10,13-16H2,1H3. The topological polar surface area (TPSA) is 38.9 Å². The van der Waals surface area contributed by atoms with E-state index in [1.165, 1.54) is 18.4 Å². The number of likely N-dealkylation sites (tertiary alicyclic amines) is 1. The van der Waals surface area contributed by atoms with E-state index in [4.69, 9.17) is 17.3 Å². The number of hydrogen-bond donors (Lipinski definition) is 0. The largest absolute Gasteiger partial charge is 0.295 e. The van der Waals surface area contributed by atoms with Crippen molar-refractivity contribution >= 4 is 12.2 Å². The summed E-state index contributed by atoms with van der Waals surface area (Å²) >= 11 is 5.82. The molecule has 0 amide bonds. The molecule has 4 rings (SSSR count). The summed E-state index contributed by atoms with van der Waals surface area (Å²) in [5.74, 6) is 1.72. The molecule has 0 atom stereocenters. The van der Waals surface area contributed by atoms with Crippen molar-refractivity contribution in [1.82, 2.24) is 24.2 Å². The molecule has 2 aromatic heterocycles. The van der Waals surface area contributed by atoms with Gasteiger partial charge in [-0.25, -0.2) is 4.68 Å². The third-order valence-corrected chi connectivity index (χ3v) is 5.69. The van der Waals surface area contributed by atoms with Gasteiger partial charge in [-0.15, -0.1) is 0 Å². The van der Waals surface area contributed by atoms with Gasteiger partial charge in [0.15, 0.2) is 10.6 Å². The molecule has 0 spiro atoms. The zero-order valence-electron chi connectivity index (χ0n) is 15.7. The molecule has 3 heterocycles. The van der Waals surface area contributed by atoms with Crippen molar-refractivity contribution in [3.63, 3.8) is 0 Å². The predicted molar refractivity (Wildman–Crippen MR) is 110 cm³/mol. The van der Waals surface area contributed by atoms with Gasteiger partial charge in [-0.1, -0.05) is 37.3 Å². The molecular weight excluding hydrogens is 354 g/mol. The van der Waals surface area contributed by atoms with E-state index >= 15 is 0 Å². The summed E-state index contributed by atoms with van der Waals surface area (Å²) in [6.07, 6.45) is 6.09. The molecule has 3 aromatic rings. The van der Waals surface area contributed by atoms with Gasteiger partial charge in [0.2, 0.25) is 0 Å². The van der Waals surface area contributed by atoms with Crippen LogP contribution in [0.25, 0.3) is 11.4 Å². The molecule has 1 fully saturated rings. The van der Waals surface area contributed by atoms with E-state index in [0.29, 0.717) is 6.54 Å². The molecule has 6 heteroatoms. The molecule has 5 nitrogen and oxygen atoms in total. The fraction of sp³-hybridized carbons (Fsp3) is 0.381. The normalized spacial score (nSPS) is 15.9. The van der Waals surface area contributed by atoms with Gasteiger partial charge < -0.3 is 0 Å². The van der Waals surface area contributed by atoms with Crippen molar-refractivity contribution in [1.29, 1.82) is 0 Å². The van der Waals surface area contributed by atoms with Crippen LogP contribution in [0.1, 0.15) is 25.3 Å². The minimum Gasteiger partial charge on any atom is -0.295 e. The Labute approximate surface area is 165 Å². The predicted octanol–water partition coefficient (Wildman–Crippen LogP) is 4.21. The Kier molecular flexibility index (Phi) is 5.45. The average molecular weight is 380 g/mol. The maximum Gasteiger partial charge on any atom is 0.199 e. The molecule has 0 unspecified atom stereocenters. The minimum absolute atomic E-state index is 0.717. The van der Waals surface area contributed by atoms with Crippen LogP contribution in [0.15, 0.2) is 54.9 Å². The van der Waals surface area contributed by atoms with Crippen molar-refractivity contribution in [2.75, 3.05) is 13.1 Å². The highest BCUT2D eigenvalue weighted by molar-refractivity contribution is 7.71. The molecule has 140 valence electrons. The molecule has 0 radical (unpaired) electrons. The number of piperidine rings is 1. The third kappa shape index (κ3) is 4.17. The summed E-state index contributed by atoms with van der Waals surface area (Å²) in [5, 5.41) is 4.90. The molecule has 0 bridgehead atoms. The number of rotatable bonds is 5. The zero-order chi connectivity index (χ0) is 18.6. The summed E-state index contributed by atoms with van der Waals surface area (Å²) < 4.78 is 4.88. The lowest BCUT2D eigenvalue weighted by Crippen LogP contribution is -2.34. The Hall–Kier alpha value is -2.31. The first-order valence-corrected chi connectivity index (χ1v) is 9.96. The summed E-state index contributed by atoms with van der Waals surface area (Å²) in [6.45, 7) is 6.02. The molecule has 1 aliphatic heterocycles. The Bertz CT molecular complexity index is 924. The lowest BCUT2D eigenvalue weighted by Gasteiger charge is -2.29. The highest BCUT2D eigenvalue weighted by Crippen LogP contribution is 2.21. The average Bonchev–Trinajstić information content (AvgIpc) is 3.01. The summed E-state index contributed by atoms with van der Waals surface area (Å²) in [5.41, 5.74) is 2.26. The summed E-state index contributed by atoms with van der Waals surface area (Å²) in [4.78, 5) is 6.59. The number of hydrogen-bond acceptors (Lipinski definition) is 4. The van der Waals surface area contributed by atoms with Crippen LogP contribution in [-0.4, -0.2) is 37.3 Å². The van der Waals surface area contributed by atoms with E-state index in [1.54, 1.807) is 12.4 Å². The first-order chi connectivity index (χ1) is 13.2. The molecule has 1 saturated heterocycles. The van der Waals surface area contributed by atoms with Gasteiger partial charge in [-0.2, -0.15) is 5.10 Å². The second-order valence-electron chi connectivity index (χ2n) is 7.36. The summed E-state index contributed by atoms with van der Waals surface area (Å²) in [6, 6.07) is 14.4. The van der Waals surface area contributed by atoms with Crippen LogP contribution in [0.3, 0.4) is 0 Å².